The minimum Gasteiger partial charge on any atom is -0.332 e. The van der Waals surface area contributed by atoms with Gasteiger partial charge in [-0.25, -0.2) is 4.68 Å². The van der Waals surface area contributed by atoms with Gasteiger partial charge in [-0.2, -0.15) is 22.7 Å². The maximum Gasteiger partial charge on any atom is 0.417 e. The summed E-state index contributed by atoms with van der Waals surface area (Å²) in [7, 11) is 1.41. The summed E-state index contributed by atoms with van der Waals surface area (Å²) in [5.41, 5.74) is -0.484. The molecule has 2 heterocycles. The van der Waals surface area contributed by atoms with E-state index in [1.807, 2.05) is 0 Å². The van der Waals surface area contributed by atoms with Crippen LogP contribution in [0, 0.1) is 12.9 Å². The zero-order valence-corrected chi connectivity index (χ0v) is 16.3. The third-order valence-corrected chi connectivity index (χ3v) is 5.08. The second kappa shape index (κ2) is 7.35. The molecule has 0 radical (unpaired) electrons. The molecular weight excluding hydrogens is 400 g/mol. The van der Waals surface area contributed by atoms with Crippen LogP contribution in [-0.4, -0.2) is 37.7 Å². The molecule has 28 heavy (non-hydrogen) atoms. The minimum absolute atomic E-state index is 0.0465. The number of aromatic nitrogens is 3. The molecule has 0 bridgehead atoms. The fraction of sp³-hybridized carbons (Fsp3) is 0.500. The van der Waals surface area contributed by atoms with Crippen LogP contribution in [0.3, 0.4) is 0 Å². The van der Waals surface area contributed by atoms with Gasteiger partial charge in [0.2, 0.25) is 5.95 Å². The molecule has 2 aromatic rings. The summed E-state index contributed by atoms with van der Waals surface area (Å²) in [4.78, 5) is 18.4. The van der Waals surface area contributed by atoms with Gasteiger partial charge in [0.25, 0.3) is 5.91 Å². The molecule has 2 aromatic heterocycles. The van der Waals surface area contributed by atoms with E-state index in [9.17, 15) is 22.4 Å². The van der Waals surface area contributed by atoms with E-state index in [0.29, 0.717) is 0 Å². The molecule has 0 aromatic carbocycles. The third-order valence-electron chi connectivity index (χ3n) is 4.75. The topological polar surface area (TPSA) is 51.0 Å². The van der Waals surface area contributed by atoms with E-state index < -0.39 is 29.6 Å². The molecule has 0 aliphatic heterocycles. The number of aryl methyl sites for hydroxylation is 2. The summed E-state index contributed by atoms with van der Waals surface area (Å²) in [6, 6.07) is 0.348. The quantitative estimate of drug-likeness (QED) is 0.685. The molecule has 10 heteroatoms. The summed E-state index contributed by atoms with van der Waals surface area (Å²) in [6.45, 7) is 3.30. The monoisotopic (exact) mass is 418 g/mol. The summed E-state index contributed by atoms with van der Waals surface area (Å²) in [6.07, 6.45) is -2.09. The van der Waals surface area contributed by atoms with Crippen molar-refractivity contribution in [2.24, 2.45) is 7.05 Å². The average Bonchev–Trinajstić information content (AvgIpc) is 3.36. The first kappa shape index (κ1) is 20.6. The van der Waals surface area contributed by atoms with Crippen LogP contribution in [0.15, 0.2) is 12.3 Å². The Morgan fingerprint density at radius 1 is 1.43 bits per heavy atom. The highest BCUT2D eigenvalue weighted by atomic mass is 35.5. The van der Waals surface area contributed by atoms with E-state index in [4.69, 9.17) is 11.6 Å². The molecule has 0 spiro atoms. The average molecular weight is 419 g/mol. The van der Waals surface area contributed by atoms with Gasteiger partial charge >= 0.3 is 6.18 Å². The highest BCUT2D eigenvalue weighted by molar-refractivity contribution is 6.31. The number of hydrogen-bond donors (Lipinski definition) is 0. The van der Waals surface area contributed by atoms with Crippen molar-refractivity contribution in [3.8, 4) is 0 Å². The second-order valence-electron chi connectivity index (χ2n) is 7.02. The van der Waals surface area contributed by atoms with E-state index >= 15 is 0 Å². The minimum atomic E-state index is -4.54. The SMILES string of the molecule is Cc1nn(C)c(F)c1C(=O)N(C(C)Cc1ncc(C(F)(F)F)cc1Cl)C1CC1. The lowest BCUT2D eigenvalue weighted by atomic mass is 10.1. The van der Waals surface area contributed by atoms with Gasteiger partial charge in [-0.1, -0.05) is 11.6 Å². The van der Waals surface area contributed by atoms with Crippen molar-refractivity contribution in [1.29, 1.82) is 0 Å². The van der Waals surface area contributed by atoms with Crippen LogP contribution in [-0.2, 0) is 19.6 Å². The number of halogens is 5. The van der Waals surface area contributed by atoms with Gasteiger partial charge in [-0.05, 0) is 32.8 Å². The molecule has 1 saturated carbocycles. The van der Waals surface area contributed by atoms with E-state index in [-0.39, 0.29) is 34.4 Å². The van der Waals surface area contributed by atoms with E-state index in [1.54, 1.807) is 18.7 Å². The summed E-state index contributed by atoms with van der Waals surface area (Å²) in [5, 5.41) is 3.82. The van der Waals surface area contributed by atoms with Crippen molar-refractivity contribution in [2.75, 3.05) is 0 Å². The summed E-state index contributed by atoms with van der Waals surface area (Å²) >= 11 is 5.99. The molecule has 1 fully saturated rings. The van der Waals surface area contributed by atoms with Gasteiger partial charge in [-0.3, -0.25) is 9.78 Å². The first-order valence-corrected chi connectivity index (χ1v) is 9.11. The number of nitrogens with zero attached hydrogens (tertiary/aromatic N) is 4. The van der Waals surface area contributed by atoms with Gasteiger partial charge in [-0.15, -0.1) is 0 Å². The van der Waals surface area contributed by atoms with Crippen LogP contribution in [0.25, 0.3) is 0 Å². The molecule has 1 unspecified atom stereocenters. The Bertz CT molecular complexity index is 908. The number of carbonyl (C=O) groups is 1. The van der Waals surface area contributed by atoms with Crippen LogP contribution < -0.4 is 0 Å². The molecule has 0 N–H and O–H groups in total. The lowest BCUT2D eigenvalue weighted by Gasteiger charge is -2.29. The predicted molar refractivity (Wildman–Crippen MR) is 94.5 cm³/mol. The van der Waals surface area contributed by atoms with Crippen LogP contribution in [0.1, 0.15) is 47.1 Å². The standard InChI is InChI=1S/C18H19ClF4N4O/c1-9(6-14-13(19)7-11(8-24-14)18(21,22)23)27(12-4-5-12)17(28)15-10(2)25-26(3)16(15)20/h7-9,12H,4-6H2,1-3H3. The van der Waals surface area contributed by atoms with Crippen molar-refractivity contribution in [3.63, 3.8) is 0 Å². The molecule has 152 valence electrons. The highest BCUT2D eigenvalue weighted by Gasteiger charge is 2.39. The van der Waals surface area contributed by atoms with Crippen molar-refractivity contribution >= 4 is 17.5 Å². The summed E-state index contributed by atoms with van der Waals surface area (Å²) < 4.78 is 53.7. The largest absolute Gasteiger partial charge is 0.417 e. The Balaban J connectivity index is 1.85. The first-order valence-electron chi connectivity index (χ1n) is 8.74. The van der Waals surface area contributed by atoms with Crippen LogP contribution >= 0.6 is 11.6 Å². The Labute approximate surface area is 164 Å². The highest BCUT2D eigenvalue weighted by Crippen LogP contribution is 2.34. The Morgan fingerprint density at radius 2 is 2.07 bits per heavy atom. The Morgan fingerprint density at radius 3 is 2.54 bits per heavy atom. The van der Waals surface area contributed by atoms with Gasteiger partial charge in [0, 0.05) is 31.7 Å². The van der Waals surface area contributed by atoms with Crippen molar-refractivity contribution in [2.45, 2.75) is 51.4 Å². The fourth-order valence-corrected chi connectivity index (χ4v) is 3.47. The fourth-order valence-electron chi connectivity index (χ4n) is 3.23. The number of pyridine rings is 1. The molecular formula is C18H19ClF4N4O. The Kier molecular flexibility index (Phi) is 5.40. The number of hydrogen-bond acceptors (Lipinski definition) is 3. The van der Waals surface area contributed by atoms with Crippen molar-refractivity contribution in [1.82, 2.24) is 19.7 Å². The molecule has 1 amide bonds. The lowest BCUT2D eigenvalue weighted by molar-refractivity contribution is -0.137. The lowest BCUT2D eigenvalue weighted by Crippen LogP contribution is -2.42. The van der Waals surface area contributed by atoms with Crippen LogP contribution in [0.2, 0.25) is 5.02 Å². The maximum absolute atomic E-state index is 14.3. The van der Waals surface area contributed by atoms with Gasteiger partial charge < -0.3 is 4.90 Å². The zero-order valence-electron chi connectivity index (χ0n) is 15.5. The van der Waals surface area contributed by atoms with Gasteiger partial charge in [0.1, 0.15) is 5.56 Å². The van der Waals surface area contributed by atoms with Gasteiger partial charge in [0.15, 0.2) is 0 Å². The first-order chi connectivity index (χ1) is 13.0. The summed E-state index contributed by atoms with van der Waals surface area (Å²) in [5.74, 6) is -1.20. The smallest absolute Gasteiger partial charge is 0.332 e. The number of rotatable bonds is 5. The molecule has 1 atom stereocenters. The number of alkyl halides is 3. The van der Waals surface area contributed by atoms with Crippen molar-refractivity contribution < 1.29 is 22.4 Å². The molecule has 0 saturated heterocycles. The van der Waals surface area contributed by atoms with E-state index in [1.165, 1.54) is 7.05 Å². The van der Waals surface area contributed by atoms with E-state index in [2.05, 4.69) is 10.1 Å². The molecule has 5 nitrogen and oxygen atoms in total. The predicted octanol–water partition coefficient (Wildman–Crippen LogP) is 4.17. The van der Waals surface area contributed by atoms with Crippen LogP contribution in [0.5, 0.6) is 0 Å². The number of carbonyl (C=O) groups excluding carboxylic acids is 1. The van der Waals surface area contributed by atoms with Crippen molar-refractivity contribution in [3.05, 3.63) is 45.7 Å². The second-order valence-corrected chi connectivity index (χ2v) is 7.43. The molecule has 1 aliphatic carbocycles. The molecule has 1 aliphatic rings. The normalized spacial score (nSPS) is 15.6. The third kappa shape index (κ3) is 3.99. The number of amides is 1. The Hall–Kier alpha value is -2.16. The van der Waals surface area contributed by atoms with Crippen LogP contribution in [0.4, 0.5) is 17.6 Å². The van der Waals surface area contributed by atoms with E-state index in [0.717, 1.165) is 29.8 Å². The maximum atomic E-state index is 14.3. The molecule has 3 rings (SSSR count). The van der Waals surface area contributed by atoms with Gasteiger partial charge in [0.05, 0.1) is 22.0 Å². The zero-order chi connectivity index (χ0) is 20.8.